The van der Waals surface area contributed by atoms with Gasteiger partial charge in [0, 0.05) is 18.7 Å². The molecule has 1 aliphatic carbocycles. The highest BCUT2D eigenvalue weighted by atomic mass is 19.1. The van der Waals surface area contributed by atoms with E-state index in [1.165, 1.54) is 0 Å². The van der Waals surface area contributed by atoms with Crippen LogP contribution < -0.4 is 11.4 Å². The van der Waals surface area contributed by atoms with E-state index in [9.17, 15) is 13.6 Å². The SMILES string of the molecule is Nc1nc(=O)n([C@@H]2C[C@H](CO)[C@@H]2F)cc1F. The van der Waals surface area contributed by atoms with Crippen LogP contribution in [0.4, 0.5) is 14.6 Å². The first-order valence-electron chi connectivity index (χ1n) is 4.83. The predicted octanol–water partition coefficient (Wildman–Crippen LogP) is -0.144. The van der Waals surface area contributed by atoms with Gasteiger partial charge in [-0.05, 0) is 6.42 Å². The fourth-order valence-electron chi connectivity index (χ4n) is 1.83. The van der Waals surface area contributed by atoms with E-state index in [2.05, 4.69) is 4.98 Å². The van der Waals surface area contributed by atoms with Crippen LogP contribution in [-0.4, -0.2) is 27.4 Å². The molecule has 0 saturated heterocycles. The molecule has 16 heavy (non-hydrogen) atoms. The van der Waals surface area contributed by atoms with Crippen LogP contribution in [0.5, 0.6) is 0 Å². The normalized spacial score (nSPS) is 28.8. The van der Waals surface area contributed by atoms with Crippen LogP contribution >= 0.6 is 0 Å². The van der Waals surface area contributed by atoms with Crippen molar-refractivity contribution < 1.29 is 13.9 Å². The summed E-state index contributed by atoms with van der Waals surface area (Å²) in [4.78, 5) is 14.6. The van der Waals surface area contributed by atoms with Crippen molar-refractivity contribution in [2.24, 2.45) is 5.92 Å². The van der Waals surface area contributed by atoms with Crippen molar-refractivity contribution in [3.05, 3.63) is 22.5 Å². The lowest BCUT2D eigenvalue weighted by Gasteiger charge is -2.39. The molecule has 0 bridgehead atoms. The Bertz CT molecular complexity index is 463. The van der Waals surface area contributed by atoms with Gasteiger partial charge in [0.05, 0.1) is 6.04 Å². The lowest BCUT2D eigenvalue weighted by atomic mass is 9.78. The summed E-state index contributed by atoms with van der Waals surface area (Å²) in [6.07, 6.45) is -0.203. The fourth-order valence-corrected chi connectivity index (χ4v) is 1.83. The third-order valence-electron chi connectivity index (χ3n) is 2.89. The van der Waals surface area contributed by atoms with Crippen LogP contribution in [0.2, 0.25) is 0 Å². The van der Waals surface area contributed by atoms with Crippen LogP contribution in [0.25, 0.3) is 0 Å². The molecule has 5 nitrogen and oxygen atoms in total. The van der Waals surface area contributed by atoms with Crippen molar-refractivity contribution >= 4 is 5.82 Å². The van der Waals surface area contributed by atoms with Crippen molar-refractivity contribution in [1.82, 2.24) is 9.55 Å². The van der Waals surface area contributed by atoms with Gasteiger partial charge in [-0.3, -0.25) is 4.57 Å². The largest absolute Gasteiger partial charge is 0.396 e. The molecular weight excluding hydrogens is 220 g/mol. The molecule has 1 heterocycles. The Hall–Kier alpha value is -1.50. The zero-order valence-corrected chi connectivity index (χ0v) is 8.31. The second-order valence-electron chi connectivity index (χ2n) is 3.85. The number of nitrogen functional groups attached to an aromatic ring is 1. The summed E-state index contributed by atoms with van der Waals surface area (Å²) in [5.74, 6) is -1.83. The molecule has 0 amide bonds. The minimum absolute atomic E-state index is 0.280. The smallest absolute Gasteiger partial charge is 0.350 e. The summed E-state index contributed by atoms with van der Waals surface area (Å²) in [6, 6.07) is -0.757. The highest BCUT2D eigenvalue weighted by Crippen LogP contribution is 2.39. The van der Waals surface area contributed by atoms with Crippen molar-refractivity contribution in [2.45, 2.75) is 18.6 Å². The van der Waals surface area contributed by atoms with E-state index in [4.69, 9.17) is 10.8 Å². The monoisotopic (exact) mass is 231 g/mol. The summed E-state index contributed by atoms with van der Waals surface area (Å²) < 4.78 is 27.4. The number of aliphatic hydroxyl groups is 1. The van der Waals surface area contributed by atoms with Gasteiger partial charge in [0.2, 0.25) is 0 Å². The molecule has 0 aliphatic heterocycles. The van der Waals surface area contributed by atoms with E-state index >= 15 is 0 Å². The molecule has 0 radical (unpaired) electrons. The van der Waals surface area contributed by atoms with E-state index in [-0.39, 0.29) is 6.61 Å². The van der Waals surface area contributed by atoms with Crippen molar-refractivity contribution in [3.8, 4) is 0 Å². The molecule has 7 heteroatoms. The summed E-state index contributed by atoms with van der Waals surface area (Å²) in [5.41, 5.74) is 4.33. The van der Waals surface area contributed by atoms with Gasteiger partial charge in [0.15, 0.2) is 11.6 Å². The van der Waals surface area contributed by atoms with E-state index in [1.807, 2.05) is 0 Å². The number of halogens is 2. The number of aliphatic hydroxyl groups excluding tert-OH is 1. The maximum absolute atomic E-state index is 13.4. The minimum atomic E-state index is -1.35. The molecular formula is C9H11F2N3O2. The molecule has 88 valence electrons. The van der Waals surface area contributed by atoms with Crippen molar-refractivity contribution in [3.63, 3.8) is 0 Å². The van der Waals surface area contributed by atoms with E-state index in [1.54, 1.807) is 0 Å². The Labute approximate surface area is 89.5 Å². The number of rotatable bonds is 2. The first kappa shape index (κ1) is 11.0. The maximum Gasteiger partial charge on any atom is 0.350 e. The molecule has 1 fully saturated rings. The van der Waals surface area contributed by atoms with Gasteiger partial charge in [-0.15, -0.1) is 0 Å². The van der Waals surface area contributed by atoms with Crippen LogP contribution in [0.1, 0.15) is 12.5 Å². The Kier molecular flexibility index (Phi) is 2.63. The van der Waals surface area contributed by atoms with Crippen LogP contribution in [0.3, 0.4) is 0 Å². The van der Waals surface area contributed by atoms with E-state index < -0.39 is 35.5 Å². The van der Waals surface area contributed by atoms with Gasteiger partial charge in [-0.1, -0.05) is 0 Å². The number of aromatic nitrogens is 2. The number of anilines is 1. The molecule has 1 aromatic rings. The van der Waals surface area contributed by atoms with E-state index in [0.29, 0.717) is 6.42 Å². The van der Waals surface area contributed by atoms with Crippen LogP contribution in [0.15, 0.2) is 11.0 Å². The number of nitrogens with two attached hydrogens (primary N) is 1. The second kappa shape index (κ2) is 3.82. The summed E-state index contributed by atoms with van der Waals surface area (Å²) >= 11 is 0. The van der Waals surface area contributed by atoms with Gasteiger partial charge in [-0.25, -0.2) is 13.6 Å². The third-order valence-corrected chi connectivity index (χ3v) is 2.89. The number of hydrogen-bond acceptors (Lipinski definition) is 4. The summed E-state index contributed by atoms with van der Waals surface area (Å²) in [6.45, 7) is -0.280. The van der Waals surface area contributed by atoms with Crippen molar-refractivity contribution in [1.29, 1.82) is 0 Å². The first-order chi connectivity index (χ1) is 7.54. The van der Waals surface area contributed by atoms with Crippen LogP contribution in [0, 0.1) is 11.7 Å². The van der Waals surface area contributed by atoms with Gasteiger partial charge >= 0.3 is 5.69 Å². The molecule has 1 aliphatic rings. The highest BCUT2D eigenvalue weighted by molar-refractivity contribution is 5.26. The molecule has 1 saturated carbocycles. The number of nitrogens with zero attached hydrogens (tertiary/aromatic N) is 2. The Morgan fingerprint density at radius 3 is 2.94 bits per heavy atom. The number of hydrogen-bond donors (Lipinski definition) is 2. The quantitative estimate of drug-likeness (QED) is 0.742. The lowest BCUT2D eigenvalue weighted by molar-refractivity contribution is -0.000671. The Morgan fingerprint density at radius 2 is 2.38 bits per heavy atom. The molecule has 0 unspecified atom stereocenters. The van der Waals surface area contributed by atoms with Crippen molar-refractivity contribution in [2.75, 3.05) is 12.3 Å². The molecule has 3 atom stereocenters. The van der Waals surface area contributed by atoms with Gasteiger partial charge in [0.1, 0.15) is 6.17 Å². The average Bonchev–Trinajstić information content (AvgIpc) is 2.24. The first-order valence-corrected chi connectivity index (χ1v) is 4.83. The van der Waals surface area contributed by atoms with Gasteiger partial charge in [0.25, 0.3) is 0 Å². The zero-order chi connectivity index (χ0) is 11.9. The zero-order valence-electron chi connectivity index (χ0n) is 8.31. The fraction of sp³-hybridized carbons (Fsp3) is 0.556. The van der Waals surface area contributed by atoms with Gasteiger partial charge < -0.3 is 10.8 Å². The summed E-state index contributed by atoms with van der Waals surface area (Å²) in [5, 5.41) is 8.75. The average molecular weight is 231 g/mol. The molecule has 1 aromatic heterocycles. The molecule has 2 rings (SSSR count). The standard InChI is InChI=1S/C9H11F2N3O2/c10-5-2-14(9(16)13-8(5)12)6-1-4(3-15)7(6)11/h2,4,6-7,15H,1,3H2,(H2,12,13,16)/t4-,6-,7+/m1/s1. The summed E-state index contributed by atoms with van der Waals surface area (Å²) in [7, 11) is 0. The minimum Gasteiger partial charge on any atom is -0.396 e. The van der Waals surface area contributed by atoms with E-state index in [0.717, 1.165) is 10.8 Å². The third kappa shape index (κ3) is 1.57. The lowest BCUT2D eigenvalue weighted by Crippen LogP contribution is -2.46. The predicted molar refractivity (Wildman–Crippen MR) is 52.0 cm³/mol. The Balaban J connectivity index is 2.30. The van der Waals surface area contributed by atoms with Gasteiger partial charge in [-0.2, -0.15) is 4.98 Å². The Morgan fingerprint density at radius 1 is 1.69 bits per heavy atom. The number of alkyl halides is 1. The highest BCUT2D eigenvalue weighted by Gasteiger charge is 2.42. The maximum atomic E-state index is 13.4. The van der Waals surface area contributed by atoms with Crippen LogP contribution in [-0.2, 0) is 0 Å². The second-order valence-corrected chi connectivity index (χ2v) is 3.85. The topological polar surface area (TPSA) is 81.1 Å². The molecule has 0 aromatic carbocycles. The molecule has 0 spiro atoms. The molecule has 3 N–H and O–H groups in total.